The van der Waals surface area contributed by atoms with Crippen molar-refractivity contribution in [3.8, 4) is 5.75 Å². The molecule has 4 nitrogen and oxygen atoms in total. The molecule has 3 aliphatic carbocycles. The Bertz CT molecular complexity index is 1320. The van der Waals surface area contributed by atoms with Crippen LogP contribution in [-0.2, 0) is 12.0 Å². The molecule has 0 heterocycles. The van der Waals surface area contributed by atoms with Crippen molar-refractivity contribution in [2.45, 2.75) is 56.5 Å². The Labute approximate surface area is 227 Å². The highest BCUT2D eigenvalue weighted by atomic mass is 16.3. The molecule has 0 bridgehead atoms. The Kier molecular flexibility index (Phi) is 6.03. The summed E-state index contributed by atoms with van der Waals surface area (Å²) in [6.45, 7) is 2.38. The molecule has 0 spiro atoms. The molecule has 2 fully saturated rings. The molecule has 4 heteroatoms. The van der Waals surface area contributed by atoms with E-state index < -0.39 is 5.60 Å². The lowest BCUT2D eigenvalue weighted by Gasteiger charge is -2.56. The summed E-state index contributed by atoms with van der Waals surface area (Å²) >= 11 is 0. The molecular formula is C34H42N2O2. The predicted molar refractivity (Wildman–Crippen MR) is 156 cm³/mol. The van der Waals surface area contributed by atoms with E-state index in [1.165, 1.54) is 22.4 Å². The van der Waals surface area contributed by atoms with E-state index in [9.17, 15) is 10.2 Å². The van der Waals surface area contributed by atoms with Crippen LogP contribution >= 0.6 is 0 Å². The number of phenolic OH excluding ortho intramolecular Hbond substituents is 1. The van der Waals surface area contributed by atoms with E-state index in [1.807, 2.05) is 12.1 Å². The number of benzene rings is 3. The van der Waals surface area contributed by atoms with Crippen LogP contribution in [0.3, 0.4) is 0 Å². The zero-order chi connectivity index (χ0) is 26.8. The molecule has 6 atom stereocenters. The van der Waals surface area contributed by atoms with Crippen LogP contribution in [0.15, 0.2) is 66.7 Å². The molecule has 3 aromatic rings. The third kappa shape index (κ3) is 3.75. The first-order chi connectivity index (χ1) is 18.1. The number of hydrogen-bond donors (Lipinski definition) is 2. The summed E-state index contributed by atoms with van der Waals surface area (Å²) in [6, 6.07) is 23.8. The normalized spacial score (nSPS) is 31.7. The summed E-state index contributed by atoms with van der Waals surface area (Å²) in [6.07, 6.45) is 4.94. The van der Waals surface area contributed by atoms with Crippen LogP contribution in [-0.4, -0.2) is 38.4 Å². The number of hydrogen-bond acceptors (Lipinski definition) is 4. The second-order valence-corrected chi connectivity index (χ2v) is 12.8. The number of rotatable bonds is 4. The fourth-order valence-electron chi connectivity index (χ4n) is 8.55. The largest absolute Gasteiger partial charge is 0.508 e. The highest BCUT2D eigenvalue weighted by Crippen LogP contribution is 2.70. The van der Waals surface area contributed by atoms with Gasteiger partial charge in [0.15, 0.2) is 0 Å². The van der Waals surface area contributed by atoms with Crippen molar-refractivity contribution in [2.75, 3.05) is 38.0 Å². The minimum atomic E-state index is -0.843. The summed E-state index contributed by atoms with van der Waals surface area (Å²) in [7, 11) is 8.29. The third-order valence-electron chi connectivity index (χ3n) is 10.6. The first-order valence-electron chi connectivity index (χ1n) is 14.2. The number of fused-ring (bicyclic) bond motifs is 5. The van der Waals surface area contributed by atoms with Gasteiger partial charge < -0.3 is 20.0 Å². The monoisotopic (exact) mass is 510 g/mol. The van der Waals surface area contributed by atoms with E-state index >= 15 is 0 Å². The van der Waals surface area contributed by atoms with Crippen molar-refractivity contribution in [1.82, 2.24) is 0 Å². The van der Waals surface area contributed by atoms with E-state index in [0.29, 0.717) is 29.4 Å². The van der Waals surface area contributed by atoms with Gasteiger partial charge >= 0.3 is 0 Å². The lowest BCUT2D eigenvalue weighted by molar-refractivity contribution is -0.114. The van der Waals surface area contributed by atoms with Gasteiger partial charge in [-0.1, -0.05) is 37.3 Å². The van der Waals surface area contributed by atoms with Crippen molar-refractivity contribution >= 4 is 11.4 Å². The Balaban J connectivity index is 1.46. The van der Waals surface area contributed by atoms with Crippen LogP contribution in [0.25, 0.3) is 0 Å². The molecule has 6 unspecified atom stereocenters. The number of aliphatic hydroxyl groups is 1. The minimum absolute atomic E-state index is 0.215. The SMILES string of the molecule is CN(C)c1ccc(C2CC3(C)C(CCC3(O)c3ccc(N(C)C)cc3)C3CCc4cc(O)ccc4C23)cc1. The van der Waals surface area contributed by atoms with E-state index in [-0.39, 0.29) is 5.41 Å². The average molecular weight is 511 g/mol. The third-order valence-corrected chi connectivity index (χ3v) is 10.6. The molecule has 38 heavy (non-hydrogen) atoms. The second kappa shape index (κ2) is 9.05. The Morgan fingerprint density at radius 3 is 2.08 bits per heavy atom. The van der Waals surface area contributed by atoms with Gasteiger partial charge in [-0.05, 0) is 114 Å². The van der Waals surface area contributed by atoms with Gasteiger partial charge in [0, 0.05) is 45.0 Å². The van der Waals surface area contributed by atoms with Crippen molar-refractivity contribution in [3.05, 3.63) is 89.0 Å². The quantitative estimate of drug-likeness (QED) is 0.412. The smallest absolute Gasteiger partial charge is 0.115 e. The number of phenols is 1. The standard InChI is InChI=1S/C34H42N2O2/c1-33-21-30(22-6-11-25(12-7-22)35(2)3)32-28-17-15-27(37)20-23(28)8-16-29(32)31(33)18-19-34(33,38)24-9-13-26(14-10-24)36(4)5/h6-7,9-15,17,20,29-32,37-38H,8,16,18-19,21H2,1-5H3. The molecule has 3 aromatic carbocycles. The van der Waals surface area contributed by atoms with E-state index in [4.69, 9.17) is 0 Å². The fourth-order valence-corrected chi connectivity index (χ4v) is 8.55. The molecule has 0 aliphatic heterocycles. The molecule has 3 aliphatic rings. The second-order valence-electron chi connectivity index (χ2n) is 12.8. The van der Waals surface area contributed by atoms with Crippen LogP contribution in [0, 0.1) is 17.3 Å². The van der Waals surface area contributed by atoms with E-state index in [1.54, 1.807) is 0 Å². The van der Waals surface area contributed by atoms with Gasteiger partial charge in [0.05, 0.1) is 5.60 Å². The first kappa shape index (κ1) is 25.3. The Morgan fingerprint density at radius 1 is 0.816 bits per heavy atom. The fraction of sp³-hybridized carbons (Fsp3) is 0.471. The molecule has 200 valence electrons. The van der Waals surface area contributed by atoms with Crippen LogP contribution in [0.4, 0.5) is 11.4 Å². The van der Waals surface area contributed by atoms with Crippen molar-refractivity contribution in [3.63, 3.8) is 0 Å². The molecule has 0 saturated heterocycles. The summed E-state index contributed by atoms with van der Waals surface area (Å²) in [5, 5.41) is 22.8. The van der Waals surface area contributed by atoms with E-state index in [2.05, 4.69) is 99.5 Å². The van der Waals surface area contributed by atoms with Gasteiger partial charge in [-0.25, -0.2) is 0 Å². The van der Waals surface area contributed by atoms with Gasteiger partial charge in [0.25, 0.3) is 0 Å². The zero-order valence-electron chi connectivity index (χ0n) is 23.5. The highest BCUT2D eigenvalue weighted by molar-refractivity contribution is 5.50. The average Bonchev–Trinajstić information content (AvgIpc) is 3.19. The van der Waals surface area contributed by atoms with Crippen molar-refractivity contribution in [2.24, 2.45) is 17.3 Å². The van der Waals surface area contributed by atoms with Crippen LogP contribution in [0.5, 0.6) is 5.75 Å². The van der Waals surface area contributed by atoms with Crippen molar-refractivity contribution < 1.29 is 10.2 Å². The van der Waals surface area contributed by atoms with Gasteiger partial charge in [0.1, 0.15) is 5.75 Å². The number of aryl methyl sites for hydroxylation is 1. The highest BCUT2D eigenvalue weighted by Gasteiger charge is 2.64. The van der Waals surface area contributed by atoms with Crippen LogP contribution in [0.1, 0.15) is 66.7 Å². The number of aromatic hydroxyl groups is 1. The van der Waals surface area contributed by atoms with E-state index in [0.717, 1.165) is 43.4 Å². The maximum atomic E-state index is 12.6. The molecule has 2 N–H and O–H groups in total. The number of anilines is 2. The molecule has 0 radical (unpaired) electrons. The maximum Gasteiger partial charge on any atom is 0.115 e. The molecule has 0 amide bonds. The Morgan fingerprint density at radius 2 is 1.45 bits per heavy atom. The first-order valence-corrected chi connectivity index (χ1v) is 14.2. The van der Waals surface area contributed by atoms with Gasteiger partial charge in [0.2, 0.25) is 0 Å². The summed E-state index contributed by atoms with van der Waals surface area (Å²) < 4.78 is 0. The lowest BCUT2D eigenvalue weighted by Crippen LogP contribution is -2.51. The molecule has 6 rings (SSSR count). The zero-order valence-corrected chi connectivity index (χ0v) is 23.5. The topological polar surface area (TPSA) is 46.9 Å². The Hall–Kier alpha value is -2.98. The van der Waals surface area contributed by atoms with Gasteiger partial charge in [-0.3, -0.25) is 0 Å². The summed E-state index contributed by atoms with van der Waals surface area (Å²) in [5.41, 5.74) is 6.45. The van der Waals surface area contributed by atoms with Crippen molar-refractivity contribution in [1.29, 1.82) is 0 Å². The molecular weight excluding hydrogens is 468 g/mol. The van der Waals surface area contributed by atoms with Crippen LogP contribution < -0.4 is 9.80 Å². The maximum absolute atomic E-state index is 12.6. The number of nitrogens with zero attached hydrogens (tertiary/aromatic N) is 2. The summed E-state index contributed by atoms with van der Waals surface area (Å²) in [5.74, 6) is 2.06. The lowest BCUT2D eigenvalue weighted by atomic mass is 9.48. The molecule has 2 saturated carbocycles. The summed E-state index contributed by atoms with van der Waals surface area (Å²) in [4.78, 5) is 4.26. The minimum Gasteiger partial charge on any atom is -0.508 e. The molecule has 0 aromatic heterocycles. The van der Waals surface area contributed by atoms with Gasteiger partial charge in [-0.2, -0.15) is 0 Å². The van der Waals surface area contributed by atoms with Gasteiger partial charge in [-0.15, -0.1) is 0 Å². The predicted octanol–water partition coefficient (Wildman–Crippen LogP) is 6.66. The van der Waals surface area contributed by atoms with Crippen LogP contribution in [0.2, 0.25) is 0 Å².